The molecule has 2 aromatic heterocycles. The minimum Gasteiger partial charge on any atom is -0.394 e. The fraction of sp³-hybridized carbons (Fsp3) is 0.364. The maximum Gasteiger partial charge on any atom is 0.152 e. The lowest BCUT2D eigenvalue weighted by atomic mass is 10.3. The Balaban J connectivity index is 1.99. The van der Waals surface area contributed by atoms with Crippen LogP contribution in [0, 0.1) is 6.92 Å². The smallest absolute Gasteiger partial charge is 0.152 e. The third-order valence-corrected chi connectivity index (χ3v) is 2.65. The number of aliphatic hydroxyl groups excluding tert-OH is 1. The zero-order valence-corrected chi connectivity index (χ0v) is 10.7. The summed E-state index contributed by atoms with van der Waals surface area (Å²) < 4.78 is 1.59. The molecule has 0 aliphatic rings. The summed E-state index contributed by atoms with van der Waals surface area (Å²) in [6.45, 7) is 2.95. The van der Waals surface area contributed by atoms with Crippen molar-refractivity contribution in [2.24, 2.45) is 0 Å². The van der Waals surface area contributed by atoms with Crippen LogP contribution in [-0.2, 0) is 13.1 Å². The summed E-state index contributed by atoms with van der Waals surface area (Å²) in [7, 11) is 0. The Morgan fingerprint density at radius 3 is 3.11 bits per heavy atom. The fourth-order valence-electron chi connectivity index (χ4n) is 1.49. The number of hydrogen-bond donors (Lipinski definition) is 2. The van der Waals surface area contributed by atoms with E-state index in [1.807, 2.05) is 13.0 Å². The Bertz CT molecular complexity index is 528. The van der Waals surface area contributed by atoms with Gasteiger partial charge in [0.15, 0.2) is 5.15 Å². The van der Waals surface area contributed by atoms with Crippen molar-refractivity contribution in [2.45, 2.75) is 20.0 Å². The van der Waals surface area contributed by atoms with Gasteiger partial charge in [0, 0.05) is 6.20 Å². The van der Waals surface area contributed by atoms with Crippen LogP contribution in [0.25, 0.3) is 0 Å². The van der Waals surface area contributed by atoms with Gasteiger partial charge in [-0.05, 0) is 18.6 Å². The number of aliphatic hydroxyl groups is 1. The molecule has 2 aromatic rings. The Kier molecular flexibility index (Phi) is 4.11. The molecular formula is C11H14ClN5O. The lowest BCUT2D eigenvalue weighted by molar-refractivity contribution is 0.268. The summed E-state index contributed by atoms with van der Waals surface area (Å²) in [5.41, 5.74) is 2.58. The minimum atomic E-state index is 0.0455. The molecule has 2 heterocycles. The highest BCUT2D eigenvalue weighted by Crippen LogP contribution is 2.20. The third kappa shape index (κ3) is 3.18. The normalized spacial score (nSPS) is 10.6. The molecule has 96 valence electrons. The Labute approximate surface area is 110 Å². The highest BCUT2D eigenvalue weighted by molar-refractivity contribution is 6.31. The van der Waals surface area contributed by atoms with Gasteiger partial charge in [-0.1, -0.05) is 16.8 Å². The number of rotatable bonds is 5. The first-order valence-electron chi connectivity index (χ1n) is 5.55. The summed E-state index contributed by atoms with van der Waals surface area (Å²) in [5.74, 6) is 0. The number of anilines is 1. The quantitative estimate of drug-likeness (QED) is 0.797. The molecule has 18 heavy (non-hydrogen) atoms. The molecule has 2 rings (SSSR count). The van der Waals surface area contributed by atoms with E-state index in [0.29, 0.717) is 18.2 Å². The van der Waals surface area contributed by atoms with E-state index in [2.05, 4.69) is 20.6 Å². The van der Waals surface area contributed by atoms with Gasteiger partial charge in [-0.25, -0.2) is 9.67 Å². The van der Waals surface area contributed by atoms with Crippen molar-refractivity contribution in [1.82, 2.24) is 20.0 Å². The summed E-state index contributed by atoms with van der Waals surface area (Å²) in [6, 6.07) is 1.92. The number of nitrogens with one attached hydrogen (secondary N) is 1. The number of halogens is 1. The number of hydrogen-bond acceptors (Lipinski definition) is 5. The largest absolute Gasteiger partial charge is 0.394 e. The molecule has 0 spiro atoms. The second-order valence-corrected chi connectivity index (χ2v) is 4.26. The van der Waals surface area contributed by atoms with Crippen LogP contribution in [0.3, 0.4) is 0 Å². The maximum absolute atomic E-state index is 8.77. The molecule has 0 aromatic carbocycles. The molecule has 0 atom stereocenters. The van der Waals surface area contributed by atoms with Crippen LogP contribution in [0.2, 0.25) is 5.15 Å². The predicted molar refractivity (Wildman–Crippen MR) is 68.4 cm³/mol. The molecule has 0 aliphatic heterocycles. The van der Waals surface area contributed by atoms with Gasteiger partial charge >= 0.3 is 0 Å². The molecule has 0 bridgehead atoms. The number of aromatic nitrogens is 4. The van der Waals surface area contributed by atoms with Crippen molar-refractivity contribution in [3.63, 3.8) is 0 Å². The summed E-state index contributed by atoms with van der Waals surface area (Å²) in [5, 5.41) is 20.2. The topological polar surface area (TPSA) is 75.9 Å². The zero-order chi connectivity index (χ0) is 13.0. The van der Waals surface area contributed by atoms with Crippen LogP contribution in [-0.4, -0.2) is 31.7 Å². The van der Waals surface area contributed by atoms with Gasteiger partial charge < -0.3 is 10.4 Å². The number of nitrogens with zero attached hydrogens (tertiary/aromatic N) is 4. The fourth-order valence-corrected chi connectivity index (χ4v) is 1.66. The van der Waals surface area contributed by atoms with E-state index in [1.165, 1.54) is 0 Å². The van der Waals surface area contributed by atoms with Gasteiger partial charge in [0.25, 0.3) is 0 Å². The van der Waals surface area contributed by atoms with Gasteiger partial charge in [-0.2, -0.15) is 0 Å². The van der Waals surface area contributed by atoms with Gasteiger partial charge in [-0.15, -0.1) is 5.10 Å². The average molecular weight is 268 g/mol. The lowest BCUT2D eigenvalue weighted by Crippen LogP contribution is -2.02. The molecular weight excluding hydrogens is 254 g/mol. The highest BCUT2D eigenvalue weighted by Gasteiger charge is 2.04. The second kappa shape index (κ2) is 5.79. The van der Waals surface area contributed by atoms with E-state index in [-0.39, 0.29) is 6.61 Å². The standard InChI is InChI=1S/C11H14ClN5O/c1-8-4-10(11(12)14-5-8)13-6-9-7-17(2-3-18)16-15-9/h4-5,7,13,18H,2-3,6H2,1H3. The molecule has 0 saturated heterocycles. The molecule has 2 N–H and O–H groups in total. The average Bonchev–Trinajstić information content (AvgIpc) is 2.79. The molecule has 0 aliphatic carbocycles. The second-order valence-electron chi connectivity index (χ2n) is 3.90. The Morgan fingerprint density at radius 1 is 1.50 bits per heavy atom. The van der Waals surface area contributed by atoms with Gasteiger partial charge in [-0.3, -0.25) is 0 Å². The molecule has 0 saturated carbocycles. The van der Waals surface area contributed by atoms with E-state index in [4.69, 9.17) is 16.7 Å². The summed E-state index contributed by atoms with van der Waals surface area (Å²) in [6.07, 6.45) is 3.49. The highest BCUT2D eigenvalue weighted by atomic mass is 35.5. The Morgan fingerprint density at radius 2 is 2.33 bits per heavy atom. The van der Waals surface area contributed by atoms with Crippen molar-refractivity contribution < 1.29 is 5.11 Å². The first kappa shape index (κ1) is 12.8. The zero-order valence-electron chi connectivity index (χ0n) is 9.97. The van der Waals surface area contributed by atoms with Crippen LogP contribution < -0.4 is 5.32 Å². The molecule has 0 fully saturated rings. The van der Waals surface area contributed by atoms with Crippen molar-refractivity contribution in [1.29, 1.82) is 0 Å². The van der Waals surface area contributed by atoms with E-state index < -0.39 is 0 Å². The van der Waals surface area contributed by atoms with Crippen LogP contribution >= 0.6 is 11.6 Å². The molecule has 6 nitrogen and oxygen atoms in total. The van der Waals surface area contributed by atoms with E-state index in [1.54, 1.807) is 17.1 Å². The van der Waals surface area contributed by atoms with Gasteiger partial charge in [0.1, 0.15) is 5.69 Å². The SMILES string of the molecule is Cc1cnc(Cl)c(NCc2cn(CCO)nn2)c1. The number of aryl methyl sites for hydroxylation is 1. The monoisotopic (exact) mass is 267 g/mol. The summed E-state index contributed by atoms with van der Waals surface area (Å²) in [4.78, 5) is 4.05. The maximum atomic E-state index is 8.77. The first-order chi connectivity index (χ1) is 8.69. The third-order valence-electron chi connectivity index (χ3n) is 2.35. The van der Waals surface area contributed by atoms with Crippen molar-refractivity contribution in [2.75, 3.05) is 11.9 Å². The molecule has 0 radical (unpaired) electrons. The predicted octanol–water partition coefficient (Wildman–Crippen LogP) is 1.24. The minimum absolute atomic E-state index is 0.0455. The molecule has 0 amide bonds. The van der Waals surface area contributed by atoms with Crippen LogP contribution in [0.5, 0.6) is 0 Å². The molecule has 0 unspecified atom stereocenters. The van der Waals surface area contributed by atoms with Crippen LogP contribution in [0.15, 0.2) is 18.5 Å². The van der Waals surface area contributed by atoms with Gasteiger partial charge in [0.05, 0.1) is 31.6 Å². The Hall–Kier alpha value is -1.66. The van der Waals surface area contributed by atoms with E-state index >= 15 is 0 Å². The summed E-state index contributed by atoms with van der Waals surface area (Å²) >= 11 is 5.97. The lowest BCUT2D eigenvalue weighted by Gasteiger charge is -2.06. The molecule has 7 heteroatoms. The van der Waals surface area contributed by atoms with Crippen molar-refractivity contribution in [3.05, 3.63) is 34.9 Å². The van der Waals surface area contributed by atoms with Crippen LogP contribution in [0.1, 0.15) is 11.3 Å². The van der Waals surface area contributed by atoms with E-state index in [9.17, 15) is 0 Å². The van der Waals surface area contributed by atoms with Gasteiger partial charge in [0.2, 0.25) is 0 Å². The van der Waals surface area contributed by atoms with Crippen LogP contribution in [0.4, 0.5) is 5.69 Å². The van der Waals surface area contributed by atoms with E-state index in [0.717, 1.165) is 16.9 Å². The van der Waals surface area contributed by atoms with Crippen molar-refractivity contribution >= 4 is 17.3 Å². The van der Waals surface area contributed by atoms with Crippen molar-refractivity contribution in [3.8, 4) is 0 Å². The number of pyridine rings is 1. The first-order valence-corrected chi connectivity index (χ1v) is 5.92.